The molecule has 160 valence electrons. The van der Waals surface area contributed by atoms with E-state index in [0.29, 0.717) is 18.7 Å². The monoisotopic (exact) mass is 402 g/mol. The number of hydrogen-bond acceptors (Lipinski definition) is 4. The summed E-state index contributed by atoms with van der Waals surface area (Å²) in [7, 11) is 1.64. The third kappa shape index (κ3) is 5.43. The summed E-state index contributed by atoms with van der Waals surface area (Å²) in [6.07, 6.45) is 7.08. The van der Waals surface area contributed by atoms with E-state index < -0.39 is 0 Å². The van der Waals surface area contributed by atoms with Gasteiger partial charge in [-0.15, -0.1) is 0 Å². The SMILES string of the molecule is CCC(=O)N1CCCC(C(=O)NC(C)c2ccc(OC3CCCC3)c(OC)c2)C1. The quantitative estimate of drug-likeness (QED) is 0.752. The highest BCUT2D eigenvalue weighted by molar-refractivity contribution is 5.81. The Morgan fingerprint density at radius 3 is 2.62 bits per heavy atom. The van der Waals surface area contributed by atoms with Crippen molar-refractivity contribution in [2.45, 2.75) is 70.9 Å². The number of likely N-dealkylation sites (tertiary alicyclic amines) is 1. The molecule has 0 bridgehead atoms. The predicted octanol–water partition coefficient (Wildman–Crippen LogP) is 3.84. The lowest BCUT2D eigenvalue weighted by atomic mass is 9.96. The molecule has 1 aromatic rings. The van der Waals surface area contributed by atoms with Gasteiger partial charge in [0.25, 0.3) is 0 Å². The van der Waals surface area contributed by atoms with Gasteiger partial charge in [0.15, 0.2) is 11.5 Å². The Balaban J connectivity index is 1.61. The molecule has 2 aliphatic rings. The average molecular weight is 403 g/mol. The molecule has 3 rings (SSSR count). The van der Waals surface area contributed by atoms with Gasteiger partial charge < -0.3 is 19.7 Å². The maximum absolute atomic E-state index is 12.8. The molecule has 6 heteroatoms. The number of hydrogen-bond donors (Lipinski definition) is 1. The standard InChI is InChI=1S/C23H34N2O4/c1-4-22(26)25-13-7-8-18(15-25)23(27)24-16(2)17-11-12-20(21(14-17)28-3)29-19-9-5-6-10-19/h11-12,14,16,18-19H,4-10,13,15H2,1-3H3,(H,24,27). The number of ether oxygens (including phenoxy) is 2. The molecule has 1 aliphatic heterocycles. The second-order valence-corrected chi connectivity index (χ2v) is 8.20. The first kappa shape index (κ1) is 21.5. The zero-order chi connectivity index (χ0) is 20.8. The minimum Gasteiger partial charge on any atom is -0.493 e. The number of benzene rings is 1. The van der Waals surface area contributed by atoms with Crippen molar-refractivity contribution < 1.29 is 19.1 Å². The largest absolute Gasteiger partial charge is 0.493 e. The topological polar surface area (TPSA) is 67.9 Å². The van der Waals surface area contributed by atoms with Crippen LogP contribution in [0.4, 0.5) is 0 Å². The van der Waals surface area contributed by atoms with Gasteiger partial charge in [-0.1, -0.05) is 13.0 Å². The first-order chi connectivity index (χ1) is 14.0. The number of methoxy groups -OCH3 is 1. The van der Waals surface area contributed by atoms with E-state index >= 15 is 0 Å². The molecule has 2 amide bonds. The first-order valence-electron chi connectivity index (χ1n) is 10.9. The first-order valence-corrected chi connectivity index (χ1v) is 10.9. The minimum absolute atomic E-state index is 0.0105. The number of nitrogens with one attached hydrogen (secondary N) is 1. The normalized spacial score (nSPS) is 20.9. The van der Waals surface area contributed by atoms with Crippen molar-refractivity contribution in [3.8, 4) is 11.5 Å². The summed E-state index contributed by atoms with van der Waals surface area (Å²) in [5, 5.41) is 3.11. The average Bonchev–Trinajstić information content (AvgIpc) is 3.26. The number of amides is 2. The molecule has 1 aliphatic carbocycles. The number of piperidine rings is 1. The summed E-state index contributed by atoms with van der Waals surface area (Å²) in [5.74, 6) is 1.46. The smallest absolute Gasteiger partial charge is 0.225 e. The van der Waals surface area contributed by atoms with Crippen molar-refractivity contribution in [3.63, 3.8) is 0 Å². The molecule has 1 aromatic carbocycles. The Hall–Kier alpha value is -2.24. The van der Waals surface area contributed by atoms with E-state index in [0.717, 1.165) is 43.5 Å². The third-order valence-electron chi connectivity index (χ3n) is 6.09. The van der Waals surface area contributed by atoms with Crippen molar-refractivity contribution in [1.82, 2.24) is 10.2 Å². The molecule has 0 radical (unpaired) electrons. The number of rotatable bonds is 7. The fourth-order valence-electron chi connectivity index (χ4n) is 4.29. The molecule has 2 atom stereocenters. The number of carbonyl (C=O) groups is 2. The van der Waals surface area contributed by atoms with Crippen molar-refractivity contribution in [2.75, 3.05) is 20.2 Å². The van der Waals surface area contributed by atoms with Crippen LogP contribution in [0, 0.1) is 5.92 Å². The molecule has 1 N–H and O–H groups in total. The highest BCUT2D eigenvalue weighted by Gasteiger charge is 2.28. The van der Waals surface area contributed by atoms with Gasteiger partial charge in [-0.3, -0.25) is 9.59 Å². The summed E-state index contributed by atoms with van der Waals surface area (Å²) < 4.78 is 11.6. The number of nitrogens with zero attached hydrogens (tertiary/aromatic N) is 1. The highest BCUT2D eigenvalue weighted by Crippen LogP contribution is 2.34. The molecule has 2 fully saturated rings. The summed E-state index contributed by atoms with van der Waals surface area (Å²) in [6.45, 7) is 5.11. The fourth-order valence-corrected chi connectivity index (χ4v) is 4.29. The van der Waals surface area contributed by atoms with E-state index in [1.807, 2.05) is 36.9 Å². The van der Waals surface area contributed by atoms with Crippen LogP contribution in [-0.4, -0.2) is 43.0 Å². The summed E-state index contributed by atoms with van der Waals surface area (Å²) in [4.78, 5) is 26.6. The Morgan fingerprint density at radius 2 is 1.93 bits per heavy atom. The summed E-state index contributed by atoms with van der Waals surface area (Å²) in [6, 6.07) is 5.74. The molecule has 6 nitrogen and oxygen atoms in total. The molecule has 0 spiro atoms. The Morgan fingerprint density at radius 1 is 1.17 bits per heavy atom. The van der Waals surface area contributed by atoms with E-state index in [-0.39, 0.29) is 29.9 Å². The molecule has 1 saturated heterocycles. The van der Waals surface area contributed by atoms with Gasteiger partial charge >= 0.3 is 0 Å². The van der Waals surface area contributed by atoms with Crippen LogP contribution < -0.4 is 14.8 Å². The van der Waals surface area contributed by atoms with Gasteiger partial charge in [-0.25, -0.2) is 0 Å². The second-order valence-electron chi connectivity index (χ2n) is 8.20. The van der Waals surface area contributed by atoms with Crippen LogP contribution in [0.1, 0.15) is 70.4 Å². The van der Waals surface area contributed by atoms with Crippen molar-refractivity contribution >= 4 is 11.8 Å². The van der Waals surface area contributed by atoms with Gasteiger partial charge in [0.2, 0.25) is 11.8 Å². The van der Waals surface area contributed by atoms with E-state index in [1.165, 1.54) is 12.8 Å². The van der Waals surface area contributed by atoms with Gasteiger partial charge in [0.1, 0.15) is 0 Å². The van der Waals surface area contributed by atoms with Crippen molar-refractivity contribution in [3.05, 3.63) is 23.8 Å². The van der Waals surface area contributed by atoms with Gasteiger partial charge in [-0.05, 0) is 63.1 Å². The lowest BCUT2D eigenvalue weighted by molar-refractivity contribution is -0.135. The minimum atomic E-state index is -0.145. The van der Waals surface area contributed by atoms with Crippen LogP contribution in [0.3, 0.4) is 0 Å². The zero-order valence-electron chi connectivity index (χ0n) is 17.9. The van der Waals surface area contributed by atoms with E-state index in [1.54, 1.807) is 7.11 Å². The Labute approximate surface area is 173 Å². The molecule has 2 unspecified atom stereocenters. The van der Waals surface area contributed by atoms with E-state index in [4.69, 9.17) is 9.47 Å². The van der Waals surface area contributed by atoms with Crippen LogP contribution in [-0.2, 0) is 9.59 Å². The molecular formula is C23H34N2O4. The van der Waals surface area contributed by atoms with Crippen LogP contribution in [0.2, 0.25) is 0 Å². The molecule has 1 heterocycles. The maximum Gasteiger partial charge on any atom is 0.225 e. The zero-order valence-corrected chi connectivity index (χ0v) is 17.9. The van der Waals surface area contributed by atoms with Crippen molar-refractivity contribution in [1.29, 1.82) is 0 Å². The lowest BCUT2D eigenvalue weighted by Gasteiger charge is -2.32. The molecule has 1 saturated carbocycles. The van der Waals surface area contributed by atoms with Crippen LogP contribution in [0.5, 0.6) is 11.5 Å². The second kappa shape index (κ2) is 9.99. The predicted molar refractivity (Wildman–Crippen MR) is 112 cm³/mol. The van der Waals surface area contributed by atoms with Crippen LogP contribution in [0.25, 0.3) is 0 Å². The maximum atomic E-state index is 12.8. The molecular weight excluding hydrogens is 368 g/mol. The Kier molecular flexibility index (Phi) is 7.40. The fraction of sp³-hybridized carbons (Fsp3) is 0.652. The lowest BCUT2D eigenvalue weighted by Crippen LogP contribution is -2.45. The van der Waals surface area contributed by atoms with Gasteiger partial charge in [0.05, 0.1) is 25.2 Å². The van der Waals surface area contributed by atoms with E-state index in [2.05, 4.69) is 5.32 Å². The van der Waals surface area contributed by atoms with Crippen molar-refractivity contribution in [2.24, 2.45) is 5.92 Å². The molecule has 0 aromatic heterocycles. The Bertz CT molecular complexity index is 715. The summed E-state index contributed by atoms with van der Waals surface area (Å²) in [5.41, 5.74) is 0.978. The highest BCUT2D eigenvalue weighted by atomic mass is 16.5. The molecule has 29 heavy (non-hydrogen) atoms. The van der Waals surface area contributed by atoms with Gasteiger partial charge in [0, 0.05) is 19.5 Å². The van der Waals surface area contributed by atoms with Crippen LogP contribution >= 0.6 is 0 Å². The third-order valence-corrected chi connectivity index (χ3v) is 6.09. The number of carbonyl (C=O) groups excluding carboxylic acids is 2. The summed E-state index contributed by atoms with van der Waals surface area (Å²) >= 11 is 0. The van der Waals surface area contributed by atoms with E-state index in [9.17, 15) is 9.59 Å². The van der Waals surface area contributed by atoms with Gasteiger partial charge in [-0.2, -0.15) is 0 Å². The van der Waals surface area contributed by atoms with Crippen LogP contribution in [0.15, 0.2) is 18.2 Å².